The van der Waals surface area contributed by atoms with Gasteiger partial charge in [0.25, 0.3) is 0 Å². The van der Waals surface area contributed by atoms with Crippen LogP contribution in [0.1, 0.15) is 0 Å². The van der Waals surface area contributed by atoms with E-state index in [4.69, 9.17) is 0 Å². The van der Waals surface area contributed by atoms with Crippen LogP contribution in [0.25, 0.3) is 0 Å². The Bertz CT molecular complexity index is 399. The molecular weight excluding hydrogens is 206 g/mol. The van der Waals surface area contributed by atoms with Gasteiger partial charge in [-0.15, -0.1) is 0 Å². The minimum atomic E-state index is -3.53. The number of oxime groups is 1. The van der Waals surface area contributed by atoms with Gasteiger partial charge in [0.1, 0.15) is 0 Å². The molecule has 14 heavy (non-hydrogen) atoms. The van der Waals surface area contributed by atoms with Crippen molar-refractivity contribution in [2.45, 2.75) is 4.90 Å². The molecule has 0 saturated heterocycles. The lowest BCUT2D eigenvalue weighted by Crippen LogP contribution is -2.01. The van der Waals surface area contributed by atoms with Crippen molar-refractivity contribution in [1.82, 2.24) is 0 Å². The van der Waals surface area contributed by atoms with Crippen LogP contribution in [0.15, 0.2) is 40.4 Å². The van der Waals surface area contributed by atoms with Gasteiger partial charge >= 0.3 is 0 Å². The molecule has 0 saturated carbocycles. The standard InChI is InChI=1S/C8H9NO4S/c1-12-13-9-7-14(10,11)8-5-3-2-4-6-8/h2-7H,1H3. The first-order chi connectivity index (χ1) is 6.67. The summed E-state index contributed by atoms with van der Waals surface area (Å²) in [6.45, 7) is 0. The SMILES string of the molecule is COON=CS(=O)(=O)c1ccccc1. The zero-order valence-corrected chi connectivity index (χ0v) is 8.27. The maximum atomic E-state index is 11.4. The van der Waals surface area contributed by atoms with E-state index in [-0.39, 0.29) is 4.90 Å². The Morgan fingerprint density at radius 1 is 1.29 bits per heavy atom. The summed E-state index contributed by atoms with van der Waals surface area (Å²) in [5.41, 5.74) is 0.686. The highest BCUT2D eigenvalue weighted by molar-refractivity contribution is 8.04. The molecule has 0 aromatic heterocycles. The maximum Gasteiger partial charge on any atom is 0.220 e. The molecule has 6 heteroatoms. The van der Waals surface area contributed by atoms with E-state index in [0.717, 1.165) is 0 Å². The summed E-state index contributed by atoms with van der Waals surface area (Å²) in [5, 5.41) is 3.10. The van der Waals surface area contributed by atoms with Crippen molar-refractivity contribution < 1.29 is 18.3 Å². The molecule has 0 aliphatic rings. The Morgan fingerprint density at radius 3 is 2.50 bits per heavy atom. The van der Waals surface area contributed by atoms with E-state index < -0.39 is 9.84 Å². The van der Waals surface area contributed by atoms with Gasteiger partial charge in [0.2, 0.25) is 9.84 Å². The van der Waals surface area contributed by atoms with Crippen molar-refractivity contribution >= 4 is 15.4 Å². The summed E-state index contributed by atoms with van der Waals surface area (Å²) in [7, 11) is -2.30. The molecule has 0 bridgehead atoms. The van der Waals surface area contributed by atoms with Crippen LogP contribution < -0.4 is 0 Å². The number of sulfone groups is 1. The van der Waals surface area contributed by atoms with Gasteiger partial charge in [-0.2, -0.15) is 4.89 Å². The molecule has 0 amide bonds. The number of nitrogens with zero attached hydrogens (tertiary/aromatic N) is 1. The molecule has 0 aliphatic heterocycles. The Labute approximate surface area is 81.8 Å². The van der Waals surface area contributed by atoms with E-state index in [0.29, 0.717) is 5.55 Å². The lowest BCUT2D eigenvalue weighted by molar-refractivity contribution is -0.272. The Kier molecular flexibility index (Phi) is 3.61. The van der Waals surface area contributed by atoms with Crippen LogP contribution in [-0.4, -0.2) is 21.1 Å². The largest absolute Gasteiger partial charge is 0.220 e. The molecule has 0 radical (unpaired) electrons. The van der Waals surface area contributed by atoms with Crippen molar-refractivity contribution in [1.29, 1.82) is 0 Å². The monoisotopic (exact) mass is 215 g/mol. The molecular formula is C8H9NO4S. The Balaban J connectivity index is 2.87. The first kappa shape index (κ1) is 10.7. The fraction of sp³-hybridized carbons (Fsp3) is 0.125. The van der Waals surface area contributed by atoms with E-state index in [1.165, 1.54) is 19.2 Å². The van der Waals surface area contributed by atoms with Crippen LogP contribution in [0.4, 0.5) is 0 Å². The number of hydrogen-bond donors (Lipinski definition) is 0. The number of benzene rings is 1. The van der Waals surface area contributed by atoms with Crippen LogP contribution in [0, 0.1) is 0 Å². The van der Waals surface area contributed by atoms with Crippen molar-refractivity contribution in [3.63, 3.8) is 0 Å². The van der Waals surface area contributed by atoms with Crippen molar-refractivity contribution in [2.24, 2.45) is 5.16 Å². The van der Waals surface area contributed by atoms with E-state index in [9.17, 15) is 8.42 Å². The lowest BCUT2D eigenvalue weighted by atomic mass is 10.4. The Morgan fingerprint density at radius 2 is 1.93 bits per heavy atom. The number of rotatable bonds is 4. The molecule has 0 unspecified atom stereocenters. The predicted octanol–water partition coefficient (Wildman–Crippen LogP) is 0.982. The van der Waals surface area contributed by atoms with Gasteiger partial charge in [-0.05, 0) is 17.3 Å². The minimum Gasteiger partial charge on any atom is -0.220 e. The summed E-state index contributed by atoms with van der Waals surface area (Å²) < 4.78 is 22.8. The summed E-state index contributed by atoms with van der Waals surface area (Å²) in [6.07, 6.45) is 0. The van der Waals surface area contributed by atoms with Crippen molar-refractivity contribution in [2.75, 3.05) is 7.11 Å². The maximum absolute atomic E-state index is 11.4. The minimum absolute atomic E-state index is 0.156. The van der Waals surface area contributed by atoms with Gasteiger partial charge in [-0.1, -0.05) is 18.2 Å². The summed E-state index contributed by atoms with van der Waals surface area (Å²) in [4.78, 5) is 8.35. The second-order valence-corrected chi connectivity index (χ2v) is 4.08. The molecule has 0 fully saturated rings. The molecule has 76 valence electrons. The number of hydrogen-bond acceptors (Lipinski definition) is 5. The van der Waals surface area contributed by atoms with Crippen LogP contribution in [-0.2, 0) is 19.7 Å². The summed E-state index contributed by atoms with van der Waals surface area (Å²) >= 11 is 0. The molecule has 1 aromatic carbocycles. The van der Waals surface area contributed by atoms with Gasteiger partial charge in [0.15, 0.2) is 5.55 Å². The van der Waals surface area contributed by atoms with E-state index >= 15 is 0 Å². The molecule has 1 rings (SSSR count). The molecule has 0 heterocycles. The third-order valence-corrected chi connectivity index (χ3v) is 2.66. The highest BCUT2D eigenvalue weighted by Gasteiger charge is 2.10. The van der Waals surface area contributed by atoms with Gasteiger partial charge in [-0.3, -0.25) is 0 Å². The first-order valence-electron chi connectivity index (χ1n) is 3.70. The zero-order chi connectivity index (χ0) is 10.4. The smallest absolute Gasteiger partial charge is 0.220 e. The Hall–Kier alpha value is -1.40. The first-order valence-corrected chi connectivity index (χ1v) is 5.25. The summed E-state index contributed by atoms with van der Waals surface area (Å²) in [5.74, 6) is 0. The second-order valence-electron chi connectivity index (χ2n) is 2.31. The van der Waals surface area contributed by atoms with E-state index in [1.807, 2.05) is 0 Å². The van der Waals surface area contributed by atoms with Gasteiger partial charge < -0.3 is 0 Å². The quantitative estimate of drug-likeness (QED) is 0.325. The predicted molar refractivity (Wildman–Crippen MR) is 50.2 cm³/mol. The average molecular weight is 215 g/mol. The third kappa shape index (κ3) is 2.82. The van der Waals surface area contributed by atoms with E-state index in [2.05, 4.69) is 15.0 Å². The van der Waals surface area contributed by atoms with Crippen LogP contribution in [0.5, 0.6) is 0 Å². The normalized spacial score (nSPS) is 11.8. The van der Waals surface area contributed by atoms with Crippen molar-refractivity contribution in [3.05, 3.63) is 30.3 Å². The highest BCUT2D eigenvalue weighted by atomic mass is 32.2. The van der Waals surface area contributed by atoms with Gasteiger partial charge in [0.05, 0.1) is 12.0 Å². The molecule has 0 spiro atoms. The molecule has 0 atom stereocenters. The molecule has 5 nitrogen and oxygen atoms in total. The van der Waals surface area contributed by atoms with Gasteiger partial charge in [0, 0.05) is 0 Å². The third-order valence-electron chi connectivity index (χ3n) is 1.37. The second kappa shape index (κ2) is 4.73. The highest BCUT2D eigenvalue weighted by Crippen LogP contribution is 2.07. The molecule has 1 aromatic rings. The fourth-order valence-electron chi connectivity index (χ4n) is 0.788. The van der Waals surface area contributed by atoms with Crippen LogP contribution in [0.3, 0.4) is 0 Å². The molecule has 0 aliphatic carbocycles. The summed E-state index contributed by atoms with van der Waals surface area (Å²) in [6, 6.07) is 7.90. The topological polar surface area (TPSA) is 65.0 Å². The average Bonchev–Trinajstić information content (AvgIpc) is 2.19. The van der Waals surface area contributed by atoms with Crippen LogP contribution >= 0.6 is 0 Å². The lowest BCUT2D eigenvalue weighted by Gasteiger charge is -1.95. The van der Waals surface area contributed by atoms with E-state index in [1.54, 1.807) is 18.2 Å². The zero-order valence-electron chi connectivity index (χ0n) is 7.45. The van der Waals surface area contributed by atoms with Crippen LogP contribution in [0.2, 0.25) is 0 Å². The fourth-order valence-corrected chi connectivity index (χ4v) is 1.59. The van der Waals surface area contributed by atoms with Crippen molar-refractivity contribution in [3.8, 4) is 0 Å². The molecule has 0 N–H and O–H groups in total. The van der Waals surface area contributed by atoms with Gasteiger partial charge in [-0.25, -0.2) is 13.4 Å².